The van der Waals surface area contributed by atoms with Crippen LogP contribution in [0.1, 0.15) is 16.1 Å². The monoisotopic (exact) mass is 268 g/mol. The maximum Gasteiger partial charge on any atom is 0.358 e. The smallest absolute Gasteiger partial charge is 0.358 e. The van der Waals surface area contributed by atoms with E-state index < -0.39 is 5.97 Å². The van der Waals surface area contributed by atoms with E-state index in [2.05, 4.69) is 10.1 Å². The van der Waals surface area contributed by atoms with Gasteiger partial charge in [-0.05, 0) is 24.6 Å². The van der Waals surface area contributed by atoms with Crippen LogP contribution in [0, 0.1) is 6.92 Å². The summed E-state index contributed by atoms with van der Waals surface area (Å²) >= 11 is 0. The van der Waals surface area contributed by atoms with Crippen LogP contribution in [0.4, 0.5) is 5.69 Å². The molecule has 2 heterocycles. The number of hydrogen-bond acceptors (Lipinski definition) is 4. The summed E-state index contributed by atoms with van der Waals surface area (Å²) in [6, 6.07) is 9.69. The predicted octanol–water partition coefficient (Wildman–Crippen LogP) is 2.01. The van der Waals surface area contributed by atoms with E-state index in [1.807, 2.05) is 37.3 Å². The number of carboxylic acid groups (broad SMARTS) is 1. The number of pyridine rings is 1. The van der Waals surface area contributed by atoms with Crippen molar-refractivity contribution in [3.05, 3.63) is 47.8 Å². The van der Waals surface area contributed by atoms with Crippen LogP contribution < -0.4 is 5.73 Å². The summed E-state index contributed by atoms with van der Waals surface area (Å²) in [5.41, 5.74) is 7.31. The fourth-order valence-electron chi connectivity index (χ4n) is 2.11. The van der Waals surface area contributed by atoms with Crippen molar-refractivity contribution in [1.29, 1.82) is 0 Å². The highest BCUT2D eigenvalue weighted by atomic mass is 16.4. The Balaban J connectivity index is 2.21. The maximum absolute atomic E-state index is 11.0. The summed E-state index contributed by atoms with van der Waals surface area (Å²) in [4.78, 5) is 15.5. The van der Waals surface area contributed by atoms with Gasteiger partial charge in [0.2, 0.25) is 0 Å². The fourth-order valence-corrected chi connectivity index (χ4v) is 2.11. The van der Waals surface area contributed by atoms with Crippen molar-refractivity contribution in [2.75, 3.05) is 5.73 Å². The molecule has 6 nitrogen and oxygen atoms in total. The van der Waals surface area contributed by atoms with Crippen LogP contribution in [0.25, 0.3) is 16.7 Å². The zero-order valence-corrected chi connectivity index (χ0v) is 10.7. The number of aryl methyl sites for hydroxylation is 1. The second kappa shape index (κ2) is 4.34. The Morgan fingerprint density at radius 1 is 1.35 bits per heavy atom. The number of aromatic nitrogens is 3. The number of nitrogens with two attached hydrogens (primary N) is 1. The van der Waals surface area contributed by atoms with Gasteiger partial charge in [0.25, 0.3) is 0 Å². The van der Waals surface area contributed by atoms with E-state index in [-0.39, 0.29) is 11.4 Å². The Hall–Kier alpha value is -2.89. The molecule has 3 aromatic rings. The van der Waals surface area contributed by atoms with E-state index >= 15 is 0 Å². The van der Waals surface area contributed by atoms with Crippen molar-refractivity contribution in [3.8, 4) is 5.82 Å². The molecule has 20 heavy (non-hydrogen) atoms. The number of rotatable bonds is 2. The van der Waals surface area contributed by atoms with Crippen LogP contribution in [-0.2, 0) is 0 Å². The molecule has 3 N–H and O–H groups in total. The molecule has 0 aliphatic heterocycles. The lowest BCUT2D eigenvalue weighted by Gasteiger charge is -2.06. The normalized spacial score (nSPS) is 10.8. The molecule has 2 aromatic heterocycles. The lowest BCUT2D eigenvalue weighted by atomic mass is 10.1. The molecule has 3 rings (SSSR count). The second-order valence-corrected chi connectivity index (χ2v) is 4.50. The average Bonchev–Trinajstić information content (AvgIpc) is 2.80. The van der Waals surface area contributed by atoms with Crippen LogP contribution in [0.2, 0.25) is 0 Å². The molecular weight excluding hydrogens is 256 g/mol. The average molecular weight is 268 g/mol. The van der Waals surface area contributed by atoms with Crippen LogP contribution >= 0.6 is 0 Å². The van der Waals surface area contributed by atoms with E-state index in [0.29, 0.717) is 5.82 Å². The molecule has 6 heteroatoms. The molecule has 0 radical (unpaired) electrons. The minimum Gasteiger partial charge on any atom is -0.476 e. The van der Waals surface area contributed by atoms with Gasteiger partial charge in [0.15, 0.2) is 11.5 Å². The zero-order valence-electron chi connectivity index (χ0n) is 10.7. The van der Waals surface area contributed by atoms with Crippen molar-refractivity contribution < 1.29 is 9.90 Å². The molecular formula is C14H12N4O2. The van der Waals surface area contributed by atoms with Gasteiger partial charge in [0.1, 0.15) is 0 Å². The molecule has 1 aromatic carbocycles. The van der Waals surface area contributed by atoms with E-state index in [1.54, 1.807) is 0 Å². The topological polar surface area (TPSA) is 94.0 Å². The van der Waals surface area contributed by atoms with Crippen molar-refractivity contribution in [1.82, 2.24) is 14.8 Å². The van der Waals surface area contributed by atoms with Gasteiger partial charge in [-0.1, -0.05) is 18.2 Å². The van der Waals surface area contributed by atoms with Gasteiger partial charge in [-0.3, -0.25) is 0 Å². The summed E-state index contributed by atoms with van der Waals surface area (Å²) in [5.74, 6) is -0.581. The molecule has 0 fully saturated rings. The number of aromatic carboxylic acids is 1. The van der Waals surface area contributed by atoms with Crippen molar-refractivity contribution in [2.45, 2.75) is 6.92 Å². The molecule has 0 amide bonds. The summed E-state index contributed by atoms with van der Waals surface area (Å²) in [7, 11) is 0. The highest BCUT2D eigenvalue weighted by Crippen LogP contribution is 2.20. The Bertz CT molecular complexity index is 823. The van der Waals surface area contributed by atoms with Crippen molar-refractivity contribution >= 4 is 22.6 Å². The van der Waals surface area contributed by atoms with Gasteiger partial charge in [-0.25, -0.2) is 14.5 Å². The number of nitrogens with zero attached hydrogens (tertiary/aromatic N) is 3. The minimum atomic E-state index is -1.15. The number of carboxylic acids is 1. The third-order valence-corrected chi connectivity index (χ3v) is 3.05. The predicted molar refractivity (Wildman–Crippen MR) is 75.0 cm³/mol. The first-order valence-electron chi connectivity index (χ1n) is 6.01. The van der Waals surface area contributed by atoms with E-state index in [9.17, 15) is 4.79 Å². The SMILES string of the molecule is Cc1cc2ccccc2nc1-n1cc(N)c(C(=O)O)n1. The lowest BCUT2D eigenvalue weighted by Crippen LogP contribution is -2.05. The number of nitrogen functional groups attached to an aromatic ring is 1. The van der Waals surface area contributed by atoms with Crippen LogP contribution in [0.15, 0.2) is 36.5 Å². The molecule has 0 saturated carbocycles. The van der Waals surface area contributed by atoms with Crippen molar-refractivity contribution in [2.24, 2.45) is 0 Å². The Morgan fingerprint density at radius 2 is 2.10 bits per heavy atom. The highest BCUT2D eigenvalue weighted by molar-refractivity contribution is 5.91. The van der Waals surface area contributed by atoms with E-state index in [0.717, 1.165) is 16.5 Å². The summed E-state index contributed by atoms with van der Waals surface area (Å²) in [5, 5.41) is 14.0. The first-order chi connectivity index (χ1) is 9.56. The summed E-state index contributed by atoms with van der Waals surface area (Å²) in [6.07, 6.45) is 1.47. The molecule has 0 bridgehead atoms. The minimum absolute atomic E-state index is 0.117. The quantitative estimate of drug-likeness (QED) is 0.741. The van der Waals surface area contributed by atoms with E-state index in [4.69, 9.17) is 10.8 Å². The highest BCUT2D eigenvalue weighted by Gasteiger charge is 2.15. The van der Waals surface area contributed by atoms with Gasteiger partial charge >= 0.3 is 5.97 Å². The largest absolute Gasteiger partial charge is 0.476 e. The van der Waals surface area contributed by atoms with Gasteiger partial charge < -0.3 is 10.8 Å². The second-order valence-electron chi connectivity index (χ2n) is 4.50. The Kier molecular flexibility index (Phi) is 2.64. The molecule has 0 aliphatic rings. The van der Waals surface area contributed by atoms with Crippen LogP contribution in [0.5, 0.6) is 0 Å². The number of anilines is 1. The number of carbonyl (C=O) groups is 1. The lowest BCUT2D eigenvalue weighted by molar-refractivity contribution is 0.0691. The first-order valence-corrected chi connectivity index (χ1v) is 6.01. The van der Waals surface area contributed by atoms with Gasteiger partial charge in [-0.15, -0.1) is 0 Å². The molecule has 100 valence electrons. The number of para-hydroxylation sites is 1. The van der Waals surface area contributed by atoms with Gasteiger partial charge in [-0.2, -0.15) is 5.10 Å². The van der Waals surface area contributed by atoms with Crippen LogP contribution in [0.3, 0.4) is 0 Å². The Labute approximate surface area is 114 Å². The third-order valence-electron chi connectivity index (χ3n) is 3.05. The van der Waals surface area contributed by atoms with Crippen molar-refractivity contribution in [3.63, 3.8) is 0 Å². The first kappa shape index (κ1) is 12.2. The fraction of sp³-hybridized carbons (Fsp3) is 0.0714. The standard InChI is InChI=1S/C14H12N4O2/c1-8-6-9-4-2-3-5-11(9)16-13(8)18-7-10(15)12(17-18)14(19)20/h2-7H,15H2,1H3,(H,19,20). The maximum atomic E-state index is 11.0. The Morgan fingerprint density at radius 3 is 2.80 bits per heavy atom. The third kappa shape index (κ3) is 1.87. The molecule has 0 atom stereocenters. The molecule has 0 spiro atoms. The van der Waals surface area contributed by atoms with Gasteiger partial charge in [0.05, 0.1) is 17.4 Å². The molecule has 0 aliphatic carbocycles. The number of benzene rings is 1. The number of fused-ring (bicyclic) bond motifs is 1. The van der Waals surface area contributed by atoms with Crippen LogP contribution in [-0.4, -0.2) is 25.8 Å². The zero-order chi connectivity index (χ0) is 14.3. The number of hydrogen-bond donors (Lipinski definition) is 2. The van der Waals surface area contributed by atoms with Gasteiger partial charge in [0, 0.05) is 5.39 Å². The summed E-state index contributed by atoms with van der Waals surface area (Å²) in [6.45, 7) is 1.90. The molecule has 0 unspecified atom stereocenters. The summed E-state index contributed by atoms with van der Waals surface area (Å²) < 4.78 is 1.40. The molecule has 0 saturated heterocycles. The van der Waals surface area contributed by atoms with E-state index in [1.165, 1.54) is 10.9 Å².